The lowest BCUT2D eigenvalue weighted by atomic mass is 10.1. The van der Waals surface area contributed by atoms with Gasteiger partial charge in [-0.05, 0) is 18.2 Å². The summed E-state index contributed by atoms with van der Waals surface area (Å²) < 4.78 is 1.59. The molecule has 4 N–H and O–H groups in total. The van der Waals surface area contributed by atoms with E-state index in [1.54, 1.807) is 36.4 Å². The number of nitrogens with one attached hydrogen (secondary N) is 2. The standard InChI is InChI=1S/C13H14N6O/c1-19-7-17-12(18-19)6-16-13(20)10-5-15-11-3-2-8(14)4-9(10)11/h2-5,7,15H,6,14H2,1H3,(H,16,20). The first-order valence-corrected chi connectivity index (χ1v) is 6.13. The normalized spacial score (nSPS) is 10.8. The third-order valence-electron chi connectivity index (χ3n) is 3.00. The maximum absolute atomic E-state index is 12.2. The van der Waals surface area contributed by atoms with Crippen molar-refractivity contribution < 1.29 is 4.79 Å². The summed E-state index contributed by atoms with van der Waals surface area (Å²) in [6.45, 7) is 0.286. The second-order valence-electron chi connectivity index (χ2n) is 4.52. The van der Waals surface area contributed by atoms with Crippen LogP contribution in [0.5, 0.6) is 0 Å². The maximum atomic E-state index is 12.2. The number of anilines is 1. The molecule has 2 aromatic heterocycles. The molecule has 0 fully saturated rings. The highest BCUT2D eigenvalue weighted by Crippen LogP contribution is 2.20. The Morgan fingerprint density at radius 1 is 1.50 bits per heavy atom. The van der Waals surface area contributed by atoms with Gasteiger partial charge in [0.15, 0.2) is 5.82 Å². The zero-order valence-electron chi connectivity index (χ0n) is 10.9. The van der Waals surface area contributed by atoms with Crippen LogP contribution in [0, 0.1) is 0 Å². The highest BCUT2D eigenvalue weighted by molar-refractivity contribution is 6.07. The molecule has 3 aromatic rings. The Morgan fingerprint density at radius 2 is 2.35 bits per heavy atom. The van der Waals surface area contributed by atoms with Gasteiger partial charge < -0.3 is 16.0 Å². The van der Waals surface area contributed by atoms with E-state index in [2.05, 4.69) is 20.4 Å². The minimum atomic E-state index is -0.186. The molecule has 0 aliphatic carbocycles. The van der Waals surface area contributed by atoms with Crippen LogP contribution >= 0.6 is 0 Å². The summed E-state index contributed by atoms with van der Waals surface area (Å²) >= 11 is 0. The fourth-order valence-corrected chi connectivity index (χ4v) is 2.05. The van der Waals surface area contributed by atoms with Crippen molar-refractivity contribution in [1.29, 1.82) is 0 Å². The van der Waals surface area contributed by atoms with Crippen LogP contribution in [-0.2, 0) is 13.6 Å². The minimum Gasteiger partial charge on any atom is -0.399 e. The molecule has 0 spiro atoms. The Balaban J connectivity index is 1.80. The lowest BCUT2D eigenvalue weighted by molar-refractivity contribution is 0.0951. The lowest BCUT2D eigenvalue weighted by Gasteiger charge is -2.02. The largest absolute Gasteiger partial charge is 0.399 e. The molecule has 7 nitrogen and oxygen atoms in total. The first-order chi connectivity index (χ1) is 9.63. The average Bonchev–Trinajstić information content (AvgIpc) is 3.02. The number of hydrogen-bond acceptors (Lipinski definition) is 4. The molecule has 7 heteroatoms. The number of hydrogen-bond donors (Lipinski definition) is 3. The highest BCUT2D eigenvalue weighted by Gasteiger charge is 2.12. The van der Waals surface area contributed by atoms with Crippen molar-refractivity contribution in [1.82, 2.24) is 25.1 Å². The maximum Gasteiger partial charge on any atom is 0.253 e. The van der Waals surface area contributed by atoms with Crippen LogP contribution in [0.4, 0.5) is 5.69 Å². The van der Waals surface area contributed by atoms with Crippen molar-refractivity contribution in [3.63, 3.8) is 0 Å². The van der Waals surface area contributed by atoms with Crippen molar-refractivity contribution in [2.45, 2.75) is 6.54 Å². The molecular formula is C13H14N6O. The van der Waals surface area contributed by atoms with E-state index < -0.39 is 0 Å². The molecule has 1 aromatic carbocycles. The molecule has 0 atom stereocenters. The van der Waals surface area contributed by atoms with Gasteiger partial charge in [0.2, 0.25) is 0 Å². The minimum absolute atomic E-state index is 0.186. The van der Waals surface area contributed by atoms with E-state index in [-0.39, 0.29) is 12.5 Å². The van der Waals surface area contributed by atoms with E-state index in [0.29, 0.717) is 17.1 Å². The number of aryl methyl sites for hydroxylation is 1. The molecule has 1 amide bonds. The lowest BCUT2D eigenvalue weighted by Crippen LogP contribution is -2.23. The summed E-state index contributed by atoms with van der Waals surface area (Å²) in [5.41, 5.74) is 7.81. The van der Waals surface area contributed by atoms with Crippen LogP contribution in [0.2, 0.25) is 0 Å². The van der Waals surface area contributed by atoms with Crippen molar-refractivity contribution >= 4 is 22.5 Å². The Bertz CT molecular complexity index is 772. The van der Waals surface area contributed by atoms with Crippen LogP contribution in [0.25, 0.3) is 10.9 Å². The third kappa shape index (κ3) is 2.20. The second kappa shape index (κ2) is 4.69. The van der Waals surface area contributed by atoms with E-state index >= 15 is 0 Å². The van der Waals surface area contributed by atoms with Gasteiger partial charge in [0, 0.05) is 29.8 Å². The Kier molecular flexibility index (Phi) is 2.86. The molecule has 102 valence electrons. The Morgan fingerprint density at radius 3 is 3.10 bits per heavy atom. The molecular weight excluding hydrogens is 256 g/mol. The third-order valence-corrected chi connectivity index (χ3v) is 3.00. The first kappa shape index (κ1) is 12.2. The SMILES string of the molecule is Cn1cnc(CNC(=O)c2c[nH]c3ccc(N)cc23)n1. The number of nitrogens with two attached hydrogens (primary N) is 1. The molecule has 2 heterocycles. The summed E-state index contributed by atoms with van der Waals surface area (Å²) in [6.07, 6.45) is 3.26. The van der Waals surface area contributed by atoms with Gasteiger partial charge in [-0.2, -0.15) is 5.10 Å². The van der Waals surface area contributed by atoms with Crippen molar-refractivity contribution in [3.8, 4) is 0 Å². The fraction of sp³-hybridized carbons (Fsp3) is 0.154. The van der Waals surface area contributed by atoms with Crippen LogP contribution in [0.3, 0.4) is 0 Å². The number of H-pyrrole nitrogens is 1. The Labute approximate surface area is 114 Å². The number of benzene rings is 1. The molecule has 0 saturated carbocycles. The zero-order valence-corrected chi connectivity index (χ0v) is 10.9. The molecule has 0 aliphatic heterocycles. The van der Waals surface area contributed by atoms with Gasteiger partial charge in [-0.15, -0.1) is 0 Å². The van der Waals surface area contributed by atoms with E-state index in [4.69, 9.17) is 5.73 Å². The predicted octanol–water partition coefficient (Wildman–Crippen LogP) is 0.809. The van der Waals surface area contributed by atoms with Gasteiger partial charge in [-0.3, -0.25) is 9.48 Å². The van der Waals surface area contributed by atoms with E-state index in [9.17, 15) is 4.79 Å². The molecule has 0 bridgehead atoms. The Hall–Kier alpha value is -2.83. The number of rotatable bonds is 3. The summed E-state index contributed by atoms with van der Waals surface area (Å²) in [5, 5.41) is 7.69. The van der Waals surface area contributed by atoms with Crippen molar-refractivity contribution in [3.05, 3.63) is 42.1 Å². The van der Waals surface area contributed by atoms with Crippen LogP contribution < -0.4 is 11.1 Å². The number of nitrogen functional groups attached to an aromatic ring is 1. The van der Waals surface area contributed by atoms with Crippen molar-refractivity contribution in [2.75, 3.05) is 5.73 Å². The number of aromatic amines is 1. The topological polar surface area (TPSA) is 102 Å². The number of amides is 1. The van der Waals surface area contributed by atoms with Gasteiger partial charge in [-0.1, -0.05) is 0 Å². The average molecular weight is 270 g/mol. The van der Waals surface area contributed by atoms with Crippen LogP contribution in [0.15, 0.2) is 30.7 Å². The number of aromatic nitrogens is 4. The van der Waals surface area contributed by atoms with Gasteiger partial charge in [-0.25, -0.2) is 4.98 Å². The number of nitrogens with zero attached hydrogens (tertiary/aromatic N) is 3. The van der Waals surface area contributed by atoms with Crippen LogP contribution in [0.1, 0.15) is 16.2 Å². The van der Waals surface area contributed by atoms with Crippen LogP contribution in [-0.4, -0.2) is 25.7 Å². The fourth-order valence-electron chi connectivity index (χ4n) is 2.05. The zero-order chi connectivity index (χ0) is 14.1. The summed E-state index contributed by atoms with van der Waals surface area (Å²) in [7, 11) is 1.78. The van der Waals surface area contributed by atoms with Gasteiger partial charge in [0.05, 0.1) is 12.1 Å². The highest BCUT2D eigenvalue weighted by atomic mass is 16.1. The summed E-state index contributed by atoms with van der Waals surface area (Å²) in [5.74, 6) is 0.384. The molecule has 0 unspecified atom stereocenters. The molecule has 0 radical (unpaired) electrons. The van der Waals surface area contributed by atoms with Crippen molar-refractivity contribution in [2.24, 2.45) is 7.05 Å². The smallest absolute Gasteiger partial charge is 0.253 e. The van der Waals surface area contributed by atoms with Gasteiger partial charge in [0.25, 0.3) is 5.91 Å². The number of carbonyl (C=O) groups excluding carboxylic acids is 1. The number of fused-ring (bicyclic) bond motifs is 1. The second-order valence-corrected chi connectivity index (χ2v) is 4.52. The first-order valence-electron chi connectivity index (χ1n) is 6.13. The quantitative estimate of drug-likeness (QED) is 0.613. The molecule has 3 rings (SSSR count). The summed E-state index contributed by atoms with van der Waals surface area (Å²) in [6, 6.07) is 5.42. The predicted molar refractivity (Wildman–Crippen MR) is 74.9 cm³/mol. The monoisotopic (exact) mass is 270 g/mol. The molecule has 0 aliphatic rings. The van der Waals surface area contributed by atoms with E-state index in [0.717, 1.165) is 10.9 Å². The van der Waals surface area contributed by atoms with E-state index in [1.807, 2.05) is 6.07 Å². The number of carbonyl (C=O) groups is 1. The summed E-state index contributed by atoms with van der Waals surface area (Å²) in [4.78, 5) is 19.3. The van der Waals surface area contributed by atoms with Gasteiger partial charge >= 0.3 is 0 Å². The van der Waals surface area contributed by atoms with Gasteiger partial charge in [0.1, 0.15) is 6.33 Å². The molecule has 0 saturated heterocycles. The van der Waals surface area contributed by atoms with E-state index in [1.165, 1.54) is 0 Å². The molecule has 20 heavy (non-hydrogen) atoms.